The third-order valence-electron chi connectivity index (χ3n) is 3.42. The predicted octanol–water partition coefficient (Wildman–Crippen LogP) is 2.59. The summed E-state index contributed by atoms with van der Waals surface area (Å²) in [6.45, 7) is 6.55. The fraction of sp³-hybridized carbons (Fsp3) is 0.529. The average Bonchev–Trinajstić information content (AvgIpc) is 2.54. The van der Waals surface area contributed by atoms with Crippen LogP contribution in [0.15, 0.2) is 24.3 Å². The lowest BCUT2D eigenvalue weighted by Crippen LogP contribution is -2.51. The number of benzene rings is 1. The fourth-order valence-electron chi connectivity index (χ4n) is 2.39. The highest BCUT2D eigenvalue weighted by Crippen LogP contribution is 2.21. The van der Waals surface area contributed by atoms with Gasteiger partial charge in [0, 0.05) is 23.6 Å². The zero-order chi connectivity index (χ0) is 16.8. The Balaban J connectivity index is 2.11. The van der Waals surface area contributed by atoms with E-state index in [1.807, 2.05) is 13.8 Å². The van der Waals surface area contributed by atoms with Gasteiger partial charge in [0.1, 0.15) is 11.8 Å². The molecule has 1 aromatic rings. The van der Waals surface area contributed by atoms with Gasteiger partial charge >= 0.3 is 5.97 Å². The van der Waals surface area contributed by atoms with Gasteiger partial charge in [-0.1, -0.05) is 0 Å². The molecule has 1 aliphatic heterocycles. The third-order valence-corrected chi connectivity index (χ3v) is 4.44. The number of hydrogen-bond donors (Lipinski definition) is 0. The summed E-state index contributed by atoms with van der Waals surface area (Å²) in [5, 5.41) is 0. The van der Waals surface area contributed by atoms with Crippen LogP contribution in [0.3, 0.4) is 0 Å². The van der Waals surface area contributed by atoms with Crippen LogP contribution in [-0.4, -0.2) is 53.6 Å². The monoisotopic (exact) mass is 337 g/mol. The fourth-order valence-corrected chi connectivity index (χ4v) is 3.43. The van der Waals surface area contributed by atoms with E-state index in [1.165, 1.54) is 0 Å². The summed E-state index contributed by atoms with van der Waals surface area (Å²) < 4.78 is 10.7. The first-order chi connectivity index (χ1) is 11.0. The number of hydrogen-bond acceptors (Lipinski definition) is 5. The topological polar surface area (TPSA) is 55.8 Å². The predicted molar refractivity (Wildman–Crippen MR) is 91.0 cm³/mol. The van der Waals surface area contributed by atoms with Gasteiger partial charge in [-0.05, 0) is 45.0 Å². The molecule has 1 heterocycles. The van der Waals surface area contributed by atoms with Crippen molar-refractivity contribution in [3.63, 3.8) is 0 Å². The van der Waals surface area contributed by atoms with Crippen LogP contribution in [0.5, 0.6) is 5.75 Å². The first-order valence-corrected chi connectivity index (χ1v) is 9.00. The Morgan fingerprint density at radius 1 is 1.30 bits per heavy atom. The van der Waals surface area contributed by atoms with Gasteiger partial charge in [0.2, 0.25) is 0 Å². The Labute approximate surface area is 141 Å². The molecule has 1 aromatic carbocycles. The van der Waals surface area contributed by atoms with Crippen LogP contribution in [0.4, 0.5) is 0 Å². The van der Waals surface area contributed by atoms with Crippen LogP contribution < -0.4 is 4.74 Å². The van der Waals surface area contributed by atoms with Gasteiger partial charge in [0.05, 0.1) is 12.7 Å². The second-order valence-corrected chi connectivity index (χ2v) is 6.68. The Kier molecular flexibility index (Phi) is 6.33. The van der Waals surface area contributed by atoms with Gasteiger partial charge in [0.25, 0.3) is 5.91 Å². The van der Waals surface area contributed by atoms with Crippen molar-refractivity contribution in [1.82, 2.24) is 4.90 Å². The van der Waals surface area contributed by atoms with Crippen molar-refractivity contribution in [2.45, 2.75) is 32.9 Å². The molecule has 5 nitrogen and oxygen atoms in total. The van der Waals surface area contributed by atoms with E-state index in [1.54, 1.807) is 47.9 Å². The normalized spacial score (nSPS) is 17.9. The number of nitrogens with zero attached hydrogens (tertiary/aromatic N) is 1. The van der Waals surface area contributed by atoms with Crippen LogP contribution in [-0.2, 0) is 9.53 Å². The molecule has 2 rings (SSSR count). The van der Waals surface area contributed by atoms with Crippen LogP contribution in [0.1, 0.15) is 31.1 Å². The maximum Gasteiger partial charge on any atom is 0.329 e. The molecule has 1 amide bonds. The number of rotatable bonds is 5. The van der Waals surface area contributed by atoms with Gasteiger partial charge in [-0.2, -0.15) is 11.8 Å². The molecular formula is C17H23NO4S. The third kappa shape index (κ3) is 4.64. The second-order valence-electron chi connectivity index (χ2n) is 5.53. The van der Waals surface area contributed by atoms with Crippen molar-refractivity contribution >= 4 is 23.6 Å². The molecule has 1 fully saturated rings. The summed E-state index contributed by atoms with van der Waals surface area (Å²) in [6.07, 6.45) is 0.0869. The highest BCUT2D eigenvalue weighted by atomic mass is 32.2. The molecular weight excluding hydrogens is 314 g/mol. The molecule has 1 atom stereocenters. The largest absolute Gasteiger partial charge is 0.491 e. The lowest BCUT2D eigenvalue weighted by molar-refractivity contribution is -0.147. The summed E-state index contributed by atoms with van der Waals surface area (Å²) >= 11 is 1.67. The molecule has 0 radical (unpaired) electrons. The van der Waals surface area contributed by atoms with E-state index in [4.69, 9.17) is 9.47 Å². The molecule has 126 valence electrons. The Bertz CT molecular complexity index is 544. The number of thioether (sulfide) groups is 1. The number of esters is 1. The van der Waals surface area contributed by atoms with Crippen molar-refractivity contribution in [3.8, 4) is 5.75 Å². The standard InChI is InChI=1S/C17H23NO4S/c1-4-21-17(20)15-11-23-10-9-18(15)16(19)13-5-7-14(8-6-13)22-12(2)3/h5-8,12,15H,4,9-11H2,1-3H3/t15-/m0/s1. The number of amides is 1. The number of carbonyl (C=O) groups is 2. The number of carbonyl (C=O) groups excluding carboxylic acids is 2. The van der Waals surface area contributed by atoms with Crippen molar-refractivity contribution in [3.05, 3.63) is 29.8 Å². The van der Waals surface area contributed by atoms with E-state index in [9.17, 15) is 9.59 Å². The van der Waals surface area contributed by atoms with Gasteiger partial charge in [-0.25, -0.2) is 4.79 Å². The Morgan fingerprint density at radius 2 is 2.00 bits per heavy atom. The molecule has 1 aliphatic rings. The van der Waals surface area contributed by atoms with Gasteiger partial charge in [0.15, 0.2) is 0 Å². The Hall–Kier alpha value is -1.69. The maximum atomic E-state index is 12.7. The van der Waals surface area contributed by atoms with Crippen molar-refractivity contribution in [1.29, 1.82) is 0 Å². The zero-order valence-electron chi connectivity index (χ0n) is 13.8. The van der Waals surface area contributed by atoms with E-state index >= 15 is 0 Å². The second kappa shape index (κ2) is 8.24. The molecule has 6 heteroatoms. The van der Waals surface area contributed by atoms with E-state index in [-0.39, 0.29) is 18.0 Å². The van der Waals surface area contributed by atoms with Crippen molar-refractivity contribution < 1.29 is 19.1 Å². The van der Waals surface area contributed by atoms with Crippen LogP contribution in [0.25, 0.3) is 0 Å². The Morgan fingerprint density at radius 3 is 2.61 bits per heavy atom. The highest BCUT2D eigenvalue weighted by molar-refractivity contribution is 7.99. The summed E-state index contributed by atoms with van der Waals surface area (Å²) in [5.74, 6) is 1.68. The molecule has 1 saturated heterocycles. The average molecular weight is 337 g/mol. The summed E-state index contributed by atoms with van der Waals surface area (Å²) in [6, 6.07) is 6.54. The molecule has 0 aliphatic carbocycles. The zero-order valence-corrected chi connectivity index (χ0v) is 14.6. The lowest BCUT2D eigenvalue weighted by Gasteiger charge is -2.33. The quantitative estimate of drug-likeness (QED) is 0.773. The van der Waals surface area contributed by atoms with E-state index < -0.39 is 6.04 Å². The highest BCUT2D eigenvalue weighted by Gasteiger charge is 2.34. The first-order valence-electron chi connectivity index (χ1n) is 7.85. The molecule has 0 unspecified atom stereocenters. The summed E-state index contributed by atoms with van der Waals surface area (Å²) in [7, 11) is 0. The molecule has 0 bridgehead atoms. The summed E-state index contributed by atoms with van der Waals surface area (Å²) in [4.78, 5) is 26.4. The molecule has 0 saturated carbocycles. The molecule has 0 N–H and O–H groups in total. The molecule has 0 aromatic heterocycles. The van der Waals surface area contributed by atoms with Crippen molar-refractivity contribution in [2.75, 3.05) is 24.7 Å². The van der Waals surface area contributed by atoms with Crippen LogP contribution in [0.2, 0.25) is 0 Å². The van der Waals surface area contributed by atoms with Crippen LogP contribution in [0, 0.1) is 0 Å². The summed E-state index contributed by atoms with van der Waals surface area (Å²) in [5.41, 5.74) is 0.558. The van der Waals surface area contributed by atoms with Crippen LogP contribution >= 0.6 is 11.8 Å². The van der Waals surface area contributed by atoms with E-state index in [2.05, 4.69) is 0 Å². The molecule has 23 heavy (non-hydrogen) atoms. The smallest absolute Gasteiger partial charge is 0.329 e. The minimum Gasteiger partial charge on any atom is -0.491 e. The SMILES string of the molecule is CCOC(=O)[C@@H]1CSCCN1C(=O)c1ccc(OC(C)C)cc1. The molecule has 0 spiro atoms. The first kappa shape index (κ1) is 17.7. The van der Waals surface area contributed by atoms with Crippen molar-refractivity contribution in [2.24, 2.45) is 0 Å². The lowest BCUT2D eigenvalue weighted by atomic mass is 10.1. The minimum absolute atomic E-state index is 0.0869. The van der Waals surface area contributed by atoms with Gasteiger partial charge in [-0.3, -0.25) is 4.79 Å². The van der Waals surface area contributed by atoms with Gasteiger partial charge < -0.3 is 14.4 Å². The maximum absolute atomic E-state index is 12.7. The van der Waals surface area contributed by atoms with Gasteiger partial charge in [-0.15, -0.1) is 0 Å². The minimum atomic E-state index is -0.507. The number of ether oxygens (including phenoxy) is 2. The van der Waals surface area contributed by atoms with E-state index in [0.29, 0.717) is 24.5 Å². The van der Waals surface area contributed by atoms with E-state index in [0.717, 1.165) is 11.5 Å².